The highest BCUT2D eigenvalue weighted by Gasteiger charge is 2.21. The number of fused-ring (bicyclic) bond motifs is 2. The molecule has 0 bridgehead atoms. The molecule has 152 valence electrons. The Morgan fingerprint density at radius 1 is 1.14 bits per heavy atom. The van der Waals surface area contributed by atoms with E-state index < -0.39 is 0 Å². The van der Waals surface area contributed by atoms with E-state index in [1.54, 1.807) is 14.2 Å². The van der Waals surface area contributed by atoms with Gasteiger partial charge in [-0.05, 0) is 36.8 Å². The highest BCUT2D eigenvalue weighted by Crippen LogP contribution is 2.39. The van der Waals surface area contributed by atoms with Crippen molar-refractivity contribution in [3.8, 4) is 28.5 Å². The summed E-state index contributed by atoms with van der Waals surface area (Å²) in [5.74, 6) is 2.14. The van der Waals surface area contributed by atoms with Gasteiger partial charge in [0.25, 0.3) is 0 Å². The standard InChI is InChI=1S/C23H25FN2O3/c1-15-11-19(25-22-18(15)5-4-6-20(22)27-2)16-12-17-14-26(8-7-24)9-10-29-23(17)21(13-16)28-3/h4-6,11-13H,7-10,14H2,1-3H3. The molecule has 29 heavy (non-hydrogen) atoms. The third-order valence-electron chi connectivity index (χ3n) is 5.33. The van der Waals surface area contributed by atoms with E-state index in [1.807, 2.05) is 24.3 Å². The van der Waals surface area contributed by atoms with Crippen LogP contribution < -0.4 is 14.2 Å². The Bertz CT molecular complexity index is 1040. The molecule has 0 saturated heterocycles. The molecule has 1 aromatic heterocycles. The molecule has 0 spiro atoms. The zero-order chi connectivity index (χ0) is 20.4. The summed E-state index contributed by atoms with van der Waals surface area (Å²) in [5, 5.41) is 1.06. The predicted molar refractivity (Wildman–Crippen MR) is 112 cm³/mol. The number of aryl methyl sites for hydroxylation is 1. The minimum atomic E-state index is -0.378. The van der Waals surface area contributed by atoms with Crippen molar-refractivity contribution in [1.29, 1.82) is 0 Å². The normalized spacial score (nSPS) is 14.2. The van der Waals surface area contributed by atoms with E-state index >= 15 is 0 Å². The van der Waals surface area contributed by atoms with E-state index in [0.717, 1.165) is 44.8 Å². The molecule has 2 heterocycles. The number of benzene rings is 2. The second-order valence-electron chi connectivity index (χ2n) is 7.16. The van der Waals surface area contributed by atoms with Gasteiger partial charge in [0.2, 0.25) is 0 Å². The Balaban J connectivity index is 1.85. The molecular formula is C23H25FN2O3. The highest BCUT2D eigenvalue weighted by atomic mass is 19.1. The summed E-state index contributed by atoms with van der Waals surface area (Å²) >= 11 is 0. The monoisotopic (exact) mass is 396 g/mol. The average molecular weight is 396 g/mol. The Labute approximate surface area is 170 Å². The van der Waals surface area contributed by atoms with Gasteiger partial charge < -0.3 is 14.2 Å². The van der Waals surface area contributed by atoms with Crippen molar-refractivity contribution in [2.75, 3.05) is 40.6 Å². The molecule has 0 amide bonds. The van der Waals surface area contributed by atoms with Gasteiger partial charge in [-0.3, -0.25) is 4.90 Å². The summed E-state index contributed by atoms with van der Waals surface area (Å²) in [6.07, 6.45) is 0. The third-order valence-corrected chi connectivity index (χ3v) is 5.33. The molecule has 3 aromatic rings. The maximum absolute atomic E-state index is 12.9. The highest BCUT2D eigenvalue weighted by molar-refractivity contribution is 5.89. The van der Waals surface area contributed by atoms with E-state index in [-0.39, 0.29) is 6.67 Å². The van der Waals surface area contributed by atoms with Crippen molar-refractivity contribution in [2.45, 2.75) is 13.5 Å². The first-order chi connectivity index (χ1) is 14.1. The summed E-state index contributed by atoms with van der Waals surface area (Å²) in [4.78, 5) is 6.94. The quantitative estimate of drug-likeness (QED) is 0.640. The van der Waals surface area contributed by atoms with Gasteiger partial charge >= 0.3 is 0 Å². The largest absolute Gasteiger partial charge is 0.494 e. The number of hydrogen-bond acceptors (Lipinski definition) is 5. The van der Waals surface area contributed by atoms with Crippen molar-refractivity contribution < 1.29 is 18.6 Å². The minimum Gasteiger partial charge on any atom is -0.494 e. The Kier molecular flexibility index (Phi) is 5.53. The van der Waals surface area contributed by atoms with Gasteiger partial charge in [0.1, 0.15) is 24.5 Å². The maximum atomic E-state index is 12.9. The molecule has 5 nitrogen and oxygen atoms in total. The number of nitrogens with zero attached hydrogens (tertiary/aromatic N) is 2. The Morgan fingerprint density at radius 3 is 2.72 bits per heavy atom. The molecule has 0 aliphatic carbocycles. The molecule has 6 heteroatoms. The number of alkyl halides is 1. The van der Waals surface area contributed by atoms with Crippen LogP contribution >= 0.6 is 0 Å². The molecule has 2 aromatic carbocycles. The van der Waals surface area contributed by atoms with Gasteiger partial charge in [-0.25, -0.2) is 9.37 Å². The van der Waals surface area contributed by atoms with Crippen LogP contribution in [-0.2, 0) is 6.54 Å². The number of aromatic nitrogens is 1. The van der Waals surface area contributed by atoms with E-state index in [4.69, 9.17) is 19.2 Å². The van der Waals surface area contributed by atoms with E-state index in [9.17, 15) is 4.39 Å². The van der Waals surface area contributed by atoms with E-state index in [1.165, 1.54) is 0 Å². The number of hydrogen-bond donors (Lipinski definition) is 0. The van der Waals surface area contributed by atoms with Crippen LogP contribution in [0.1, 0.15) is 11.1 Å². The summed E-state index contributed by atoms with van der Waals surface area (Å²) in [7, 11) is 3.29. The van der Waals surface area contributed by atoms with Gasteiger partial charge in [-0.1, -0.05) is 12.1 Å². The number of methoxy groups -OCH3 is 2. The molecule has 0 fully saturated rings. The third kappa shape index (κ3) is 3.72. The molecule has 0 atom stereocenters. The fourth-order valence-electron chi connectivity index (χ4n) is 3.85. The lowest BCUT2D eigenvalue weighted by Gasteiger charge is -2.18. The summed E-state index contributed by atoms with van der Waals surface area (Å²) in [5.41, 5.74) is 4.69. The first-order valence-electron chi connectivity index (χ1n) is 9.71. The second-order valence-corrected chi connectivity index (χ2v) is 7.16. The topological polar surface area (TPSA) is 43.8 Å². The number of halogens is 1. The van der Waals surface area contributed by atoms with Crippen molar-refractivity contribution >= 4 is 10.9 Å². The molecule has 0 N–H and O–H groups in total. The second kappa shape index (κ2) is 8.25. The molecule has 1 aliphatic rings. The Morgan fingerprint density at radius 2 is 1.97 bits per heavy atom. The summed E-state index contributed by atoms with van der Waals surface area (Å²) in [6, 6.07) is 12.0. The van der Waals surface area contributed by atoms with Crippen molar-refractivity contribution in [1.82, 2.24) is 9.88 Å². The first-order valence-corrected chi connectivity index (χ1v) is 9.71. The lowest BCUT2D eigenvalue weighted by atomic mass is 10.0. The van der Waals surface area contributed by atoms with Gasteiger partial charge in [0.05, 0.1) is 19.9 Å². The fourth-order valence-corrected chi connectivity index (χ4v) is 3.85. The zero-order valence-corrected chi connectivity index (χ0v) is 17.0. The van der Waals surface area contributed by atoms with Crippen LogP contribution in [0.2, 0.25) is 0 Å². The zero-order valence-electron chi connectivity index (χ0n) is 17.0. The van der Waals surface area contributed by atoms with Crippen LogP contribution in [0.3, 0.4) is 0 Å². The van der Waals surface area contributed by atoms with E-state index in [2.05, 4.69) is 24.0 Å². The smallest absolute Gasteiger partial charge is 0.165 e. The number of para-hydroxylation sites is 1. The summed E-state index contributed by atoms with van der Waals surface area (Å²) in [6.45, 7) is 3.88. The van der Waals surface area contributed by atoms with Gasteiger partial charge in [0.15, 0.2) is 11.5 Å². The van der Waals surface area contributed by atoms with Crippen LogP contribution in [0.4, 0.5) is 4.39 Å². The van der Waals surface area contributed by atoms with Gasteiger partial charge in [0, 0.05) is 36.1 Å². The molecule has 0 unspecified atom stereocenters. The minimum absolute atomic E-state index is 0.378. The number of pyridine rings is 1. The van der Waals surface area contributed by atoms with Crippen LogP contribution in [0.5, 0.6) is 17.2 Å². The fraction of sp³-hybridized carbons (Fsp3) is 0.348. The summed E-state index contributed by atoms with van der Waals surface area (Å²) < 4.78 is 30.0. The number of ether oxygens (including phenoxy) is 3. The lowest BCUT2D eigenvalue weighted by molar-refractivity contribution is 0.209. The van der Waals surface area contributed by atoms with Crippen molar-refractivity contribution in [3.63, 3.8) is 0 Å². The first kappa shape index (κ1) is 19.5. The molecule has 0 saturated carbocycles. The van der Waals surface area contributed by atoms with Gasteiger partial charge in [-0.15, -0.1) is 0 Å². The molecular weight excluding hydrogens is 371 g/mol. The van der Waals surface area contributed by atoms with Crippen LogP contribution in [0.25, 0.3) is 22.2 Å². The van der Waals surface area contributed by atoms with Crippen LogP contribution in [-0.4, -0.2) is 50.5 Å². The average Bonchev–Trinajstić information content (AvgIpc) is 2.94. The molecule has 1 aliphatic heterocycles. The van der Waals surface area contributed by atoms with Crippen LogP contribution in [0.15, 0.2) is 36.4 Å². The predicted octanol–water partition coefficient (Wildman–Crippen LogP) is 4.39. The molecule has 4 rings (SSSR count). The SMILES string of the molecule is COc1cc(-c2cc(C)c3cccc(OC)c3n2)cc2c1OCCN(CCF)C2. The lowest BCUT2D eigenvalue weighted by Crippen LogP contribution is -2.27. The number of rotatable bonds is 5. The van der Waals surface area contributed by atoms with Crippen LogP contribution in [0, 0.1) is 6.92 Å². The molecule has 0 radical (unpaired) electrons. The van der Waals surface area contributed by atoms with E-state index in [0.29, 0.717) is 32.0 Å². The van der Waals surface area contributed by atoms with Crippen molar-refractivity contribution in [3.05, 3.63) is 47.5 Å². The van der Waals surface area contributed by atoms with Gasteiger partial charge in [-0.2, -0.15) is 0 Å². The maximum Gasteiger partial charge on any atom is 0.165 e. The van der Waals surface area contributed by atoms with Crippen molar-refractivity contribution in [2.24, 2.45) is 0 Å². The Hall–Kier alpha value is -2.86.